The lowest BCUT2D eigenvalue weighted by Gasteiger charge is -2.16. The summed E-state index contributed by atoms with van der Waals surface area (Å²) in [6.45, 7) is 2.08. The SMILES string of the molecule is O=C(Nc1ccc(N2CCCC2)nc1)c1ccc(-c2nc3ccccc3s2)o1. The van der Waals surface area contributed by atoms with Gasteiger partial charge in [0.05, 0.1) is 22.1 Å². The second-order valence-corrected chi connectivity index (χ2v) is 7.73. The van der Waals surface area contributed by atoms with E-state index >= 15 is 0 Å². The minimum Gasteiger partial charge on any atom is -0.448 e. The molecule has 0 saturated carbocycles. The summed E-state index contributed by atoms with van der Waals surface area (Å²) in [6.07, 6.45) is 4.09. The van der Waals surface area contributed by atoms with Gasteiger partial charge in [-0.05, 0) is 49.2 Å². The molecule has 1 amide bonds. The number of aromatic nitrogens is 2. The second-order valence-electron chi connectivity index (χ2n) is 6.70. The molecule has 0 bridgehead atoms. The van der Waals surface area contributed by atoms with Crippen LogP contribution >= 0.6 is 11.3 Å². The minimum absolute atomic E-state index is 0.248. The lowest BCUT2D eigenvalue weighted by atomic mass is 10.3. The molecule has 6 nitrogen and oxygen atoms in total. The van der Waals surface area contributed by atoms with Gasteiger partial charge in [0.25, 0.3) is 5.91 Å². The zero-order valence-corrected chi connectivity index (χ0v) is 15.9. The number of anilines is 2. The van der Waals surface area contributed by atoms with Crippen molar-refractivity contribution in [1.29, 1.82) is 0 Å². The predicted octanol–water partition coefficient (Wildman–Crippen LogP) is 4.80. The molecule has 4 aromatic rings. The van der Waals surface area contributed by atoms with Crippen LogP contribution in [0.5, 0.6) is 0 Å². The summed E-state index contributed by atoms with van der Waals surface area (Å²) in [5, 5.41) is 3.60. The molecule has 0 radical (unpaired) electrons. The van der Waals surface area contributed by atoms with Crippen molar-refractivity contribution < 1.29 is 9.21 Å². The van der Waals surface area contributed by atoms with E-state index in [1.165, 1.54) is 12.8 Å². The van der Waals surface area contributed by atoms with Gasteiger partial charge < -0.3 is 14.6 Å². The van der Waals surface area contributed by atoms with Gasteiger partial charge in [0.2, 0.25) is 0 Å². The third kappa shape index (κ3) is 3.25. The Morgan fingerprint density at radius 3 is 2.71 bits per heavy atom. The Labute approximate surface area is 165 Å². The highest BCUT2D eigenvalue weighted by Crippen LogP contribution is 2.31. The van der Waals surface area contributed by atoms with Crippen LogP contribution in [-0.2, 0) is 0 Å². The lowest BCUT2D eigenvalue weighted by molar-refractivity contribution is 0.0997. The maximum absolute atomic E-state index is 12.5. The second kappa shape index (κ2) is 7.09. The van der Waals surface area contributed by atoms with Crippen LogP contribution in [0.3, 0.4) is 0 Å². The molecule has 140 valence electrons. The van der Waals surface area contributed by atoms with Gasteiger partial charge in [0.1, 0.15) is 5.82 Å². The number of hydrogen-bond acceptors (Lipinski definition) is 6. The van der Waals surface area contributed by atoms with Crippen molar-refractivity contribution in [2.24, 2.45) is 0 Å². The van der Waals surface area contributed by atoms with E-state index < -0.39 is 0 Å². The number of benzene rings is 1. The van der Waals surface area contributed by atoms with Crippen LogP contribution in [0.4, 0.5) is 11.5 Å². The van der Waals surface area contributed by atoms with Gasteiger partial charge in [-0.1, -0.05) is 12.1 Å². The molecule has 1 aliphatic rings. The van der Waals surface area contributed by atoms with Crippen molar-refractivity contribution in [1.82, 2.24) is 9.97 Å². The Balaban J connectivity index is 1.30. The largest absolute Gasteiger partial charge is 0.448 e. The molecule has 4 heterocycles. The first-order valence-electron chi connectivity index (χ1n) is 9.24. The van der Waals surface area contributed by atoms with E-state index in [1.807, 2.05) is 36.4 Å². The number of para-hydroxylation sites is 1. The Bertz CT molecular complexity index is 1090. The van der Waals surface area contributed by atoms with Crippen molar-refractivity contribution in [2.45, 2.75) is 12.8 Å². The molecule has 1 saturated heterocycles. The topological polar surface area (TPSA) is 71.3 Å². The summed E-state index contributed by atoms with van der Waals surface area (Å²) in [6, 6.07) is 15.2. The van der Waals surface area contributed by atoms with Crippen LogP contribution < -0.4 is 10.2 Å². The number of nitrogens with one attached hydrogen (secondary N) is 1. The van der Waals surface area contributed by atoms with E-state index in [4.69, 9.17) is 4.42 Å². The average Bonchev–Trinajstić information content (AvgIpc) is 3.48. The number of furan rings is 1. The van der Waals surface area contributed by atoms with Crippen LogP contribution in [-0.4, -0.2) is 29.0 Å². The van der Waals surface area contributed by atoms with Crippen molar-refractivity contribution in [2.75, 3.05) is 23.3 Å². The van der Waals surface area contributed by atoms with E-state index in [1.54, 1.807) is 29.7 Å². The van der Waals surface area contributed by atoms with Gasteiger partial charge in [-0.15, -0.1) is 11.3 Å². The average molecular weight is 390 g/mol. The summed E-state index contributed by atoms with van der Waals surface area (Å²) in [5.74, 6) is 1.49. The molecule has 7 heteroatoms. The van der Waals surface area contributed by atoms with Crippen molar-refractivity contribution in [3.63, 3.8) is 0 Å². The third-order valence-electron chi connectivity index (χ3n) is 4.77. The normalized spacial score (nSPS) is 13.9. The molecular weight excluding hydrogens is 372 g/mol. The van der Waals surface area contributed by atoms with Crippen molar-refractivity contribution in [3.05, 3.63) is 60.5 Å². The first-order valence-corrected chi connectivity index (χ1v) is 10.1. The summed E-state index contributed by atoms with van der Waals surface area (Å²) in [5.41, 5.74) is 1.57. The predicted molar refractivity (Wildman–Crippen MR) is 111 cm³/mol. The molecule has 1 aliphatic heterocycles. The summed E-state index contributed by atoms with van der Waals surface area (Å²) < 4.78 is 6.83. The first kappa shape index (κ1) is 16.9. The molecular formula is C21H18N4O2S. The number of carbonyl (C=O) groups excluding carboxylic acids is 1. The van der Waals surface area contributed by atoms with E-state index in [2.05, 4.69) is 20.2 Å². The fourth-order valence-corrected chi connectivity index (χ4v) is 4.27. The molecule has 0 atom stereocenters. The molecule has 3 aromatic heterocycles. The smallest absolute Gasteiger partial charge is 0.291 e. The van der Waals surface area contributed by atoms with Crippen molar-refractivity contribution in [3.8, 4) is 10.8 Å². The molecule has 5 rings (SSSR count). The Morgan fingerprint density at radius 1 is 1.07 bits per heavy atom. The van der Waals surface area contributed by atoms with Crippen LogP contribution in [0.1, 0.15) is 23.4 Å². The Kier molecular flexibility index (Phi) is 4.29. The zero-order chi connectivity index (χ0) is 18.9. The van der Waals surface area contributed by atoms with Crippen molar-refractivity contribution >= 4 is 39.0 Å². The van der Waals surface area contributed by atoms with E-state index in [-0.39, 0.29) is 11.7 Å². The maximum Gasteiger partial charge on any atom is 0.291 e. The monoisotopic (exact) mass is 390 g/mol. The zero-order valence-electron chi connectivity index (χ0n) is 15.1. The molecule has 1 aromatic carbocycles. The van der Waals surface area contributed by atoms with E-state index in [0.29, 0.717) is 11.4 Å². The molecule has 1 N–H and O–H groups in total. The minimum atomic E-state index is -0.303. The number of amides is 1. The highest BCUT2D eigenvalue weighted by atomic mass is 32.1. The van der Waals surface area contributed by atoms with Gasteiger partial charge in [0, 0.05) is 13.1 Å². The molecule has 0 spiro atoms. The fourth-order valence-electron chi connectivity index (χ4n) is 3.34. The van der Waals surface area contributed by atoms with Gasteiger partial charge in [-0.3, -0.25) is 4.79 Å². The molecule has 28 heavy (non-hydrogen) atoms. The van der Waals surface area contributed by atoms with Gasteiger partial charge in [0.15, 0.2) is 16.5 Å². The standard InChI is InChI=1S/C21H18N4O2S/c26-20(23-14-7-10-19(22-13-14)25-11-3-4-12-25)16-8-9-17(27-16)21-24-15-5-1-2-6-18(15)28-21/h1-2,5-10,13H,3-4,11-12H2,(H,23,26). The Hall–Kier alpha value is -3.19. The van der Waals surface area contributed by atoms with Crippen LogP contribution in [0.25, 0.3) is 21.0 Å². The molecule has 0 unspecified atom stereocenters. The molecule has 0 aliphatic carbocycles. The summed E-state index contributed by atoms with van der Waals surface area (Å²) in [4.78, 5) is 23.8. The lowest BCUT2D eigenvalue weighted by Crippen LogP contribution is -2.19. The summed E-state index contributed by atoms with van der Waals surface area (Å²) >= 11 is 1.54. The maximum atomic E-state index is 12.5. The summed E-state index contributed by atoms with van der Waals surface area (Å²) in [7, 11) is 0. The third-order valence-corrected chi connectivity index (χ3v) is 5.82. The Morgan fingerprint density at radius 2 is 1.93 bits per heavy atom. The quantitative estimate of drug-likeness (QED) is 0.542. The van der Waals surface area contributed by atoms with Gasteiger partial charge >= 0.3 is 0 Å². The van der Waals surface area contributed by atoms with Crippen LogP contribution in [0.15, 0.2) is 59.1 Å². The number of carbonyl (C=O) groups is 1. The number of hydrogen-bond donors (Lipinski definition) is 1. The van der Waals surface area contributed by atoms with E-state index in [9.17, 15) is 4.79 Å². The van der Waals surface area contributed by atoms with Gasteiger partial charge in [-0.2, -0.15) is 0 Å². The van der Waals surface area contributed by atoms with E-state index in [0.717, 1.165) is 34.1 Å². The highest BCUT2D eigenvalue weighted by Gasteiger charge is 2.16. The number of rotatable bonds is 4. The number of nitrogens with zero attached hydrogens (tertiary/aromatic N) is 3. The van der Waals surface area contributed by atoms with Crippen LogP contribution in [0.2, 0.25) is 0 Å². The number of thiazole rings is 1. The fraction of sp³-hybridized carbons (Fsp3) is 0.190. The van der Waals surface area contributed by atoms with Crippen LogP contribution in [0, 0.1) is 0 Å². The first-order chi connectivity index (χ1) is 13.8. The molecule has 1 fully saturated rings. The number of fused-ring (bicyclic) bond motifs is 1. The number of pyridine rings is 1. The van der Waals surface area contributed by atoms with Gasteiger partial charge in [-0.25, -0.2) is 9.97 Å². The highest BCUT2D eigenvalue weighted by molar-refractivity contribution is 7.21.